The summed E-state index contributed by atoms with van der Waals surface area (Å²) in [6.45, 7) is 8.56. The number of hydrogen-bond donors (Lipinski definition) is 3. The van der Waals surface area contributed by atoms with Gasteiger partial charge in [-0.15, -0.1) is 0 Å². The quantitative estimate of drug-likeness (QED) is 0.293. The van der Waals surface area contributed by atoms with Crippen LogP contribution in [0, 0.1) is 17.2 Å². The number of likely N-dealkylation sites (tertiary alicyclic amines) is 1. The lowest BCUT2D eigenvalue weighted by atomic mass is 9.68. The number of nitrogens with one attached hydrogen (secondary N) is 3. The van der Waals surface area contributed by atoms with Gasteiger partial charge in [-0.05, 0) is 104 Å². The minimum atomic E-state index is -0.960. The van der Waals surface area contributed by atoms with Gasteiger partial charge in [0.1, 0.15) is 6.04 Å². The number of aryl methyl sites for hydroxylation is 2. The smallest absolute Gasteiger partial charge is 0.388 e. The Bertz CT molecular complexity index is 1730. The summed E-state index contributed by atoms with van der Waals surface area (Å²) < 4.78 is 7.28. The summed E-state index contributed by atoms with van der Waals surface area (Å²) >= 11 is 0. The van der Waals surface area contributed by atoms with Gasteiger partial charge in [-0.1, -0.05) is 24.8 Å². The van der Waals surface area contributed by atoms with Gasteiger partial charge in [-0.25, -0.2) is 4.79 Å². The molecular weight excluding hydrogens is 582 g/mol. The second-order valence-electron chi connectivity index (χ2n) is 12.8. The second kappa shape index (κ2) is 12.2. The molecule has 46 heavy (non-hydrogen) atoms. The van der Waals surface area contributed by atoms with Crippen LogP contribution >= 0.6 is 0 Å². The summed E-state index contributed by atoms with van der Waals surface area (Å²) in [5, 5.41) is 18.8. The van der Waals surface area contributed by atoms with Crippen molar-refractivity contribution in [3.63, 3.8) is 0 Å². The molecule has 1 saturated heterocycles. The molecule has 2 fully saturated rings. The van der Waals surface area contributed by atoms with Crippen molar-refractivity contribution in [3.05, 3.63) is 92.7 Å². The largest absolute Gasteiger partial charge is 0.459 e. The Balaban J connectivity index is 1.47. The summed E-state index contributed by atoms with van der Waals surface area (Å²) in [4.78, 5) is 45.2. The first-order chi connectivity index (χ1) is 22.1. The lowest BCUT2D eigenvalue weighted by molar-refractivity contribution is -0.131. The molecule has 11 heteroatoms. The van der Waals surface area contributed by atoms with E-state index in [0.29, 0.717) is 43.1 Å². The normalized spacial score (nSPS) is 22.7. The number of hydrogen-bond acceptors (Lipinski definition) is 8. The maximum absolute atomic E-state index is 13.3. The molecule has 0 spiro atoms. The van der Waals surface area contributed by atoms with E-state index < -0.39 is 11.2 Å². The highest BCUT2D eigenvalue weighted by molar-refractivity contribution is 5.94. The standard InChI is InChI=1S/C35H41N7O4/c1-20(2)42-33(40-34(45)46-42)35(12-13-39-19-31(43)41-27(18-36)16-26-17-30(26)41)28-10-8-22(21(3)37-4)14-23(28)6-7-24-15-25(32(44)38-5)9-11-29(24)35/h8-11,14-15,20,26-27,30,37,39H,3,6-7,12-13,16-17,19H2,1-2,4-5H3,(H,38,44)/t26-,27?,30+,35?/m1/s1. The highest BCUT2D eigenvalue weighted by Crippen LogP contribution is 2.48. The van der Waals surface area contributed by atoms with Crippen molar-refractivity contribution in [2.75, 3.05) is 27.2 Å². The third kappa shape index (κ3) is 5.30. The zero-order valence-corrected chi connectivity index (χ0v) is 26.9. The molecule has 3 aromatic rings. The van der Waals surface area contributed by atoms with E-state index >= 15 is 0 Å². The first-order valence-corrected chi connectivity index (χ1v) is 16.0. The highest BCUT2D eigenvalue weighted by atomic mass is 16.5. The molecule has 2 aliphatic carbocycles. The van der Waals surface area contributed by atoms with Crippen LogP contribution in [0.25, 0.3) is 5.70 Å². The predicted octanol–water partition coefficient (Wildman–Crippen LogP) is 2.89. The van der Waals surface area contributed by atoms with E-state index in [0.717, 1.165) is 46.4 Å². The Morgan fingerprint density at radius 1 is 1.09 bits per heavy atom. The molecule has 11 nitrogen and oxygen atoms in total. The molecule has 3 aliphatic rings. The Kier molecular flexibility index (Phi) is 8.33. The summed E-state index contributed by atoms with van der Waals surface area (Å²) in [6.07, 6.45) is 3.52. The van der Waals surface area contributed by atoms with Gasteiger partial charge in [0.05, 0.1) is 24.1 Å². The number of nitrogens with zero attached hydrogens (tertiary/aromatic N) is 4. The number of carbonyl (C=O) groups excluding carboxylic acids is 2. The Labute approximate surface area is 268 Å². The van der Waals surface area contributed by atoms with Crippen LogP contribution in [0.1, 0.15) is 83.2 Å². The zero-order valence-electron chi connectivity index (χ0n) is 26.9. The topological polar surface area (TPSA) is 145 Å². The first-order valence-electron chi connectivity index (χ1n) is 16.0. The van der Waals surface area contributed by atoms with E-state index in [1.165, 1.54) is 0 Å². The molecular formula is C35H41N7O4. The summed E-state index contributed by atoms with van der Waals surface area (Å²) in [6, 6.07) is 13.8. The molecule has 240 valence electrons. The number of amides is 2. The maximum Gasteiger partial charge on any atom is 0.459 e. The molecule has 2 unspecified atom stereocenters. The van der Waals surface area contributed by atoms with Gasteiger partial charge in [0, 0.05) is 31.4 Å². The fourth-order valence-corrected chi connectivity index (χ4v) is 7.50. The molecule has 1 aromatic heterocycles. The van der Waals surface area contributed by atoms with Gasteiger partial charge >= 0.3 is 5.76 Å². The monoisotopic (exact) mass is 623 g/mol. The average molecular weight is 624 g/mol. The number of carbonyl (C=O) groups is 2. The van der Waals surface area contributed by atoms with Crippen LogP contribution in [0.15, 0.2) is 52.3 Å². The highest BCUT2D eigenvalue weighted by Gasteiger charge is 2.54. The number of rotatable bonds is 10. The van der Waals surface area contributed by atoms with E-state index in [9.17, 15) is 19.6 Å². The van der Waals surface area contributed by atoms with Crippen molar-refractivity contribution in [1.29, 1.82) is 5.26 Å². The molecule has 1 saturated carbocycles. The third-order valence-corrected chi connectivity index (χ3v) is 9.86. The van der Waals surface area contributed by atoms with Crippen molar-refractivity contribution in [1.82, 2.24) is 30.6 Å². The third-order valence-electron chi connectivity index (χ3n) is 9.86. The molecule has 2 aromatic carbocycles. The van der Waals surface area contributed by atoms with Crippen molar-refractivity contribution in [2.45, 2.75) is 69.5 Å². The van der Waals surface area contributed by atoms with Gasteiger partial charge < -0.3 is 25.4 Å². The predicted molar refractivity (Wildman–Crippen MR) is 173 cm³/mol. The van der Waals surface area contributed by atoms with E-state index in [1.54, 1.807) is 16.7 Å². The Morgan fingerprint density at radius 2 is 1.76 bits per heavy atom. The molecule has 1 aliphatic heterocycles. The van der Waals surface area contributed by atoms with Crippen molar-refractivity contribution < 1.29 is 14.1 Å². The van der Waals surface area contributed by atoms with E-state index in [1.807, 2.05) is 45.2 Å². The summed E-state index contributed by atoms with van der Waals surface area (Å²) in [5.74, 6) is -0.0179. The lowest BCUT2D eigenvalue weighted by Crippen LogP contribution is -2.44. The van der Waals surface area contributed by atoms with Gasteiger partial charge in [0.25, 0.3) is 5.91 Å². The lowest BCUT2D eigenvalue weighted by Gasteiger charge is -2.36. The van der Waals surface area contributed by atoms with E-state index in [4.69, 9.17) is 4.52 Å². The van der Waals surface area contributed by atoms with Crippen LogP contribution in [-0.2, 0) is 23.1 Å². The molecule has 4 atom stereocenters. The van der Waals surface area contributed by atoms with Gasteiger partial charge in [0.2, 0.25) is 5.91 Å². The van der Waals surface area contributed by atoms with Crippen LogP contribution < -0.4 is 21.7 Å². The van der Waals surface area contributed by atoms with Gasteiger partial charge in [-0.3, -0.25) is 9.59 Å². The number of benzene rings is 2. The van der Waals surface area contributed by atoms with Crippen LogP contribution in [0.5, 0.6) is 0 Å². The van der Waals surface area contributed by atoms with Crippen LogP contribution in [0.2, 0.25) is 0 Å². The number of aromatic nitrogens is 2. The summed E-state index contributed by atoms with van der Waals surface area (Å²) in [7, 11) is 3.45. The molecule has 2 amide bonds. The van der Waals surface area contributed by atoms with Crippen molar-refractivity contribution in [3.8, 4) is 6.07 Å². The van der Waals surface area contributed by atoms with Crippen LogP contribution in [0.4, 0.5) is 0 Å². The fourth-order valence-electron chi connectivity index (χ4n) is 7.50. The zero-order chi connectivity index (χ0) is 32.7. The summed E-state index contributed by atoms with van der Waals surface area (Å²) in [5.41, 5.74) is 5.28. The first kappa shape index (κ1) is 31.3. The molecule has 0 radical (unpaired) electrons. The maximum atomic E-state index is 13.3. The number of nitriles is 1. The van der Waals surface area contributed by atoms with Gasteiger partial charge in [0.15, 0.2) is 5.82 Å². The van der Waals surface area contributed by atoms with Crippen molar-refractivity contribution in [2.24, 2.45) is 5.92 Å². The van der Waals surface area contributed by atoms with Crippen molar-refractivity contribution >= 4 is 17.5 Å². The molecule has 2 heterocycles. The van der Waals surface area contributed by atoms with E-state index in [-0.39, 0.29) is 36.5 Å². The Morgan fingerprint density at radius 3 is 2.39 bits per heavy atom. The van der Waals surface area contributed by atoms with Crippen LogP contribution in [0.3, 0.4) is 0 Å². The second-order valence-corrected chi connectivity index (χ2v) is 12.8. The number of piperidine rings is 1. The fraction of sp³-hybridized carbons (Fsp3) is 0.457. The molecule has 3 N–H and O–H groups in total. The average Bonchev–Trinajstić information content (AvgIpc) is 3.59. The minimum absolute atomic E-state index is 0.0711. The SMILES string of the molecule is C=C(NC)c1ccc2c(c1)CCc1cc(C(=O)NC)ccc1C2(CCNCC(=O)N1C(C#N)C[C@@H]2C[C@@H]21)c1nc(=O)on1C(C)C. The minimum Gasteiger partial charge on any atom is -0.388 e. The van der Waals surface area contributed by atoms with Crippen LogP contribution in [-0.4, -0.2) is 65.7 Å². The van der Waals surface area contributed by atoms with Gasteiger partial charge in [-0.2, -0.15) is 15.0 Å². The molecule has 6 rings (SSSR count). The Hall–Kier alpha value is -4.69. The number of fused-ring (bicyclic) bond motifs is 3. The van der Waals surface area contributed by atoms with E-state index in [2.05, 4.69) is 45.7 Å². The molecule has 0 bridgehead atoms.